The summed E-state index contributed by atoms with van der Waals surface area (Å²) >= 11 is 5.63. The zero-order valence-electron chi connectivity index (χ0n) is 11.2. The lowest BCUT2D eigenvalue weighted by Gasteiger charge is -2.02. The van der Waals surface area contributed by atoms with E-state index in [4.69, 9.17) is 21.4 Å². The highest BCUT2D eigenvalue weighted by molar-refractivity contribution is 6.30. The summed E-state index contributed by atoms with van der Waals surface area (Å²) in [5.74, 6) is -1.07. The SMILES string of the molecule is COCCn1nc(-c2ccc(Cl)c(F)c2)nc1CC(=O)O. The maximum Gasteiger partial charge on any atom is 0.311 e. The quantitative estimate of drug-likeness (QED) is 0.882. The van der Waals surface area contributed by atoms with Gasteiger partial charge in [0.2, 0.25) is 0 Å². The van der Waals surface area contributed by atoms with E-state index in [1.54, 1.807) is 6.07 Å². The summed E-state index contributed by atoms with van der Waals surface area (Å²) in [5.41, 5.74) is 0.430. The van der Waals surface area contributed by atoms with Gasteiger partial charge in [-0.2, -0.15) is 5.10 Å². The lowest BCUT2D eigenvalue weighted by atomic mass is 10.2. The second-order valence-electron chi connectivity index (χ2n) is 4.27. The van der Waals surface area contributed by atoms with Gasteiger partial charge in [0.25, 0.3) is 0 Å². The van der Waals surface area contributed by atoms with E-state index in [-0.39, 0.29) is 23.1 Å². The van der Waals surface area contributed by atoms with Crippen molar-refractivity contribution in [2.75, 3.05) is 13.7 Å². The van der Waals surface area contributed by atoms with Crippen molar-refractivity contribution in [3.63, 3.8) is 0 Å². The summed E-state index contributed by atoms with van der Waals surface area (Å²) in [6.07, 6.45) is -0.271. The van der Waals surface area contributed by atoms with Gasteiger partial charge in [0.15, 0.2) is 5.82 Å². The number of aromatic nitrogens is 3. The fraction of sp³-hybridized carbons (Fsp3) is 0.308. The molecular weight excluding hydrogens is 301 g/mol. The van der Waals surface area contributed by atoms with Crippen LogP contribution in [0.25, 0.3) is 11.4 Å². The third kappa shape index (κ3) is 3.77. The van der Waals surface area contributed by atoms with Gasteiger partial charge in [-0.05, 0) is 18.2 Å². The molecule has 0 aliphatic heterocycles. The minimum absolute atomic E-state index is 0.00308. The standard InChI is InChI=1S/C13H13ClFN3O3/c1-21-5-4-18-11(7-12(19)20)16-13(17-18)8-2-3-9(14)10(15)6-8/h2-3,6H,4-5,7H2,1H3,(H,19,20). The molecular formula is C13H13ClFN3O3. The molecule has 2 aromatic rings. The number of rotatable bonds is 6. The summed E-state index contributed by atoms with van der Waals surface area (Å²) in [5, 5.41) is 13.1. The molecule has 1 N–H and O–H groups in total. The molecule has 0 bridgehead atoms. The number of hydrogen-bond donors (Lipinski definition) is 1. The number of carboxylic acids is 1. The van der Waals surface area contributed by atoms with Crippen LogP contribution in [0.15, 0.2) is 18.2 Å². The summed E-state index contributed by atoms with van der Waals surface area (Å²) in [7, 11) is 1.53. The molecule has 0 amide bonds. The van der Waals surface area contributed by atoms with Crippen LogP contribution in [-0.2, 0) is 22.5 Å². The molecule has 0 radical (unpaired) electrons. The second-order valence-corrected chi connectivity index (χ2v) is 4.67. The number of halogens is 2. The van der Waals surface area contributed by atoms with E-state index < -0.39 is 11.8 Å². The average Bonchev–Trinajstić information content (AvgIpc) is 2.82. The van der Waals surface area contributed by atoms with Crippen molar-refractivity contribution in [2.24, 2.45) is 0 Å². The Labute approximate surface area is 125 Å². The predicted molar refractivity (Wildman–Crippen MR) is 73.6 cm³/mol. The number of hydrogen-bond acceptors (Lipinski definition) is 4. The lowest BCUT2D eigenvalue weighted by Crippen LogP contribution is -2.13. The predicted octanol–water partition coefficient (Wildman–Crippen LogP) is 2.01. The first-order chi connectivity index (χ1) is 10.0. The van der Waals surface area contributed by atoms with Crippen molar-refractivity contribution >= 4 is 17.6 Å². The smallest absolute Gasteiger partial charge is 0.311 e. The minimum Gasteiger partial charge on any atom is -0.481 e. The topological polar surface area (TPSA) is 77.2 Å². The Morgan fingerprint density at radius 1 is 1.52 bits per heavy atom. The molecule has 112 valence electrons. The molecule has 0 saturated heterocycles. The molecule has 0 fully saturated rings. The average molecular weight is 314 g/mol. The van der Waals surface area contributed by atoms with Crippen LogP contribution in [0.2, 0.25) is 5.02 Å². The second kappa shape index (κ2) is 6.64. The van der Waals surface area contributed by atoms with Crippen LogP contribution in [0.3, 0.4) is 0 Å². The van der Waals surface area contributed by atoms with E-state index in [2.05, 4.69) is 10.1 Å². The third-order valence-corrected chi connectivity index (χ3v) is 3.05. The Hall–Kier alpha value is -1.99. The molecule has 8 heteroatoms. The number of nitrogens with zero attached hydrogens (tertiary/aromatic N) is 3. The van der Waals surface area contributed by atoms with Gasteiger partial charge in [0.1, 0.15) is 18.1 Å². The molecule has 0 aliphatic rings. The summed E-state index contributed by atoms with van der Waals surface area (Å²) in [6.45, 7) is 0.729. The Morgan fingerprint density at radius 2 is 2.29 bits per heavy atom. The number of carboxylic acid groups (broad SMARTS) is 1. The van der Waals surface area contributed by atoms with Crippen LogP contribution in [0.5, 0.6) is 0 Å². The van der Waals surface area contributed by atoms with Gasteiger partial charge in [0, 0.05) is 12.7 Å². The zero-order chi connectivity index (χ0) is 15.4. The van der Waals surface area contributed by atoms with Crippen LogP contribution >= 0.6 is 11.6 Å². The monoisotopic (exact) mass is 313 g/mol. The van der Waals surface area contributed by atoms with E-state index >= 15 is 0 Å². The number of ether oxygens (including phenoxy) is 1. The summed E-state index contributed by atoms with van der Waals surface area (Å²) < 4.78 is 19.9. The van der Waals surface area contributed by atoms with Crippen molar-refractivity contribution in [1.29, 1.82) is 0 Å². The molecule has 0 atom stereocenters. The molecule has 21 heavy (non-hydrogen) atoms. The summed E-state index contributed by atoms with van der Waals surface area (Å²) in [4.78, 5) is 15.0. The van der Waals surface area contributed by atoms with Gasteiger partial charge in [-0.25, -0.2) is 14.1 Å². The van der Waals surface area contributed by atoms with Crippen molar-refractivity contribution in [3.05, 3.63) is 34.9 Å². The number of methoxy groups -OCH3 is 1. The molecule has 1 aromatic carbocycles. The minimum atomic E-state index is -1.02. The molecule has 0 spiro atoms. The van der Waals surface area contributed by atoms with E-state index in [1.807, 2.05) is 0 Å². The van der Waals surface area contributed by atoms with Crippen LogP contribution in [0.1, 0.15) is 5.82 Å². The molecule has 6 nitrogen and oxygen atoms in total. The van der Waals surface area contributed by atoms with Crippen molar-refractivity contribution in [2.45, 2.75) is 13.0 Å². The zero-order valence-corrected chi connectivity index (χ0v) is 12.0. The Kier molecular flexibility index (Phi) is 4.87. The fourth-order valence-corrected chi connectivity index (χ4v) is 1.87. The first-order valence-electron chi connectivity index (χ1n) is 6.11. The Bertz CT molecular complexity index is 660. The third-order valence-electron chi connectivity index (χ3n) is 2.74. The molecule has 0 saturated carbocycles. The van der Waals surface area contributed by atoms with Gasteiger partial charge in [-0.1, -0.05) is 11.6 Å². The van der Waals surface area contributed by atoms with Gasteiger partial charge in [0.05, 0.1) is 18.2 Å². The fourth-order valence-electron chi connectivity index (χ4n) is 1.75. The molecule has 1 aromatic heterocycles. The largest absolute Gasteiger partial charge is 0.481 e. The van der Waals surface area contributed by atoms with Gasteiger partial charge in [-0.3, -0.25) is 4.79 Å². The lowest BCUT2D eigenvalue weighted by molar-refractivity contribution is -0.136. The molecule has 0 aliphatic carbocycles. The Balaban J connectivity index is 2.36. The summed E-state index contributed by atoms with van der Waals surface area (Å²) in [6, 6.07) is 4.19. The van der Waals surface area contributed by atoms with Crippen LogP contribution in [0, 0.1) is 5.82 Å². The van der Waals surface area contributed by atoms with Crippen molar-refractivity contribution in [1.82, 2.24) is 14.8 Å². The highest BCUT2D eigenvalue weighted by Gasteiger charge is 2.15. The van der Waals surface area contributed by atoms with E-state index in [1.165, 1.54) is 23.9 Å². The van der Waals surface area contributed by atoms with Crippen molar-refractivity contribution < 1.29 is 19.0 Å². The van der Waals surface area contributed by atoms with Crippen molar-refractivity contribution in [3.8, 4) is 11.4 Å². The highest BCUT2D eigenvalue weighted by Crippen LogP contribution is 2.22. The molecule has 1 heterocycles. The van der Waals surface area contributed by atoms with E-state index in [0.717, 1.165) is 0 Å². The normalized spacial score (nSPS) is 10.8. The van der Waals surface area contributed by atoms with Crippen LogP contribution in [0.4, 0.5) is 4.39 Å². The maximum atomic E-state index is 13.5. The number of carbonyl (C=O) groups is 1. The van der Waals surface area contributed by atoms with Gasteiger partial charge in [-0.15, -0.1) is 0 Å². The highest BCUT2D eigenvalue weighted by atomic mass is 35.5. The number of benzene rings is 1. The van der Waals surface area contributed by atoms with Gasteiger partial charge >= 0.3 is 5.97 Å². The first-order valence-corrected chi connectivity index (χ1v) is 6.49. The maximum absolute atomic E-state index is 13.5. The van der Waals surface area contributed by atoms with Gasteiger partial charge < -0.3 is 9.84 Å². The first kappa shape index (κ1) is 15.4. The van der Waals surface area contributed by atoms with Crippen LogP contribution in [-0.4, -0.2) is 39.6 Å². The van der Waals surface area contributed by atoms with E-state index in [0.29, 0.717) is 18.7 Å². The van der Waals surface area contributed by atoms with Crippen LogP contribution < -0.4 is 0 Å². The van der Waals surface area contributed by atoms with E-state index in [9.17, 15) is 9.18 Å². The molecule has 2 rings (SSSR count). The molecule has 0 unspecified atom stereocenters. The Morgan fingerprint density at radius 3 is 2.90 bits per heavy atom. The number of aliphatic carboxylic acids is 1.